The summed E-state index contributed by atoms with van der Waals surface area (Å²) in [4.78, 5) is 28.1. The Balaban J connectivity index is 1.80. The van der Waals surface area contributed by atoms with Gasteiger partial charge in [0.15, 0.2) is 0 Å². The van der Waals surface area contributed by atoms with Gasteiger partial charge in [-0.25, -0.2) is 4.79 Å². The number of carbonyl (C=O) groups is 2. The van der Waals surface area contributed by atoms with Crippen molar-refractivity contribution in [2.45, 2.75) is 18.9 Å². The number of ether oxygens (including phenoxy) is 1. The number of carboxylic acid groups (broad SMARTS) is 1. The van der Waals surface area contributed by atoms with Crippen molar-refractivity contribution in [1.82, 2.24) is 9.88 Å². The van der Waals surface area contributed by atoms with Gasteiger partial charge in [0.25, 0.3) is 0 Å². The normalized spacial score (nSPS) is 16.8. The Morgan fingerprint density at radius 2 is 2.21 bits per heavy atom. The van der Waals surface area contributed by atoms with Crippen molar-refractivity contribution in [3.05, 3.63) is 30.1 Å². The van der Waals surface area contributed by atoms with Crippen LogP contribution in [0.5, 0.6) is 0 Å². The molecule has 0 saturated carbocycles. The summed E-state index contributed by atoms with van der Waals surface area (Å²) in [5.41, 5.74) is 0.186. The summed E-state index contributed by atoms with van der Waals surface area (Å²) in [7, 11) is 0. The number of hydrogen-bond donors (Lipinski definition) is 1. The van der Waals surface area contributed by atoms with Crippen LogP contribution in [0.2, 0.25) is 0 Å². The van der Waals surface area contributed by atoms with Crippen LogP contribution in [0.3, 0.4) is 0 Å². The van der Waals surface area contributed by atoms with Crippen LogP contribution >= 0.6 is 0 Å². The lowest BCUT2D eigenvalue weighted by atomic mass is 9.95. The summed E-state index contributed by atoms with van der Waals surface area (Å²) in [5, 5.41) is 8.55. The molecule has 0 bridgehead atoms. The first kappa shape index (κ1) is 13.5. The third-order valence-corrected chi connectivity index (χ3v) is 3.01. The molecule has 1 saturated heterocycles. The van der Waals surface area contributed by atoms with Gasteiger partial charge >= 0.3 is 5.97 Å². The lowest BCUT2D eigenvalue weighted by Crippen LogP contribution is -2.63. The zero-order valence-corrected chi connectivity index (χ0v) is 10.7. The highest BCUT2D eigenvalue weighted by Gasteiger charge is 2.42. The van der Waals surface area contributed by atoms with Gasteiger partial charge in [-0.3, -0.25) is 9.78 Å². The average Bonchev–Trinajstić information content (AvgIpc) is 2.34. The summed E-state index contributed by atoms with van der Waals surface area (Å²) in [6.07, 6.45) is 1.91. The number of hydrogen-bond acceptors (Lipinski definition) is 4. The molecule has 0 atom stereocenters. The fourth-order valence-corrected chi connectivity index (χ4v) is 2.03. The van der Waals surface area contributed by atoms with Crippen LogP contribution in [0.15, 0.2) is 24.4 Å². The number of aromatic nitrogens is 1. The number of nitrogens with zero attached hydrogens (tertiary/aromatic N) is 2. The second-order valence-corrected chi connectivity index (χ2v) is 4.88. The Labute approximate surface area is 111 Å². The van der Waals surface area contributed by atoms with Gasteiger partial charge in [-0.2, -0.15) is 0 Å². The molecule has 0 radical (unpaired) electrons. The van der Waals surface area contributed by atoms with E-state index in [-0.39, 0.29) is 18.9 Å². The average molecular weight is 264 g/mol. The molecule has 6 heteroatoms. The fraction of sp³-hybridized carbons (Fsp3) is 0.462. The highest BCUT2D eigenvalue weighted by Crippen LogP contribution is 2.25. The minimum absolute atomic E-state index is 0.0184. The highest BCUT2D eigenvalue weighted by molar-refractivity contribution is 5.79. The van der Waals surface area contributed by atoms with E-state index in [2.05, 4.69) is 4.98 Å². The summed E-state index contributed by atoms with van der Waals surface area (Å²) in [6, 6.07) is 5.44. The number of pyridine rings is 1. The molecule has 1 amide bonds. The third kappa shape index (κ3) is 3.51. The molecule has 19 heavy (non-hydrogen) atoms. The van der Waals surface area contributed by atoms with Gasteiger partial charge in [-0.15, -0.1) is 0 Å². The van der Waals surface area contributed by atoms with Crippen molar-refractivity contribution in [2.24, 2.45) is 0 Å². The van der Waals surface area contributed by atoms with Crippen molar-refractivity contribution in [3.63, 3.8) is 0 Å². The van der Waals surface area contributed by atoms with E-state index in [0.29, 0.717) is 13.1 Å². The second-order valence-electron chi connectivity index (χ2n) is 4.88. The lowest BCUT2D eigenvalue weighted by molar-refractivity contribution is -0.172. The first-order chi connectivity index (χ1) is 8.98. The van der Waals surface area contributed by atoms with E-state index in [0.717, 1.165) is 5.69 Å². The predicted octanol–water partition coefficient (Wildman–Crippen LogP) is 0.326. The largest absolute Gasteiger partial charge is 0.480 e. The van der Waals surface area contributed by atoms with E-state index in [1.54, 1.807) is 30.2 Å². The number of carbonyl (C=O) groups excluding carboxylic acids is 1. The minimum Gasteiger partial charge on any atom is -0.480 e. The number of amides is 1. The first-order valence-corrected chi connectivity index (χ1v) is 6.02. The van der Waals surface area contributed by atoms with Gasteiger partial charge in [0.05, 0.1) is 19.5 Å². The molecule has 1 aromatic rings. The van der Waals surface area contributed by atoms with E-state index in [9.17, 15) is 9.59 Å². The van der Waals surface area contributed by atoms with Crippen molar-refractivity contribution in [2.75, 3.05) is 19.7 Å². The van der Waals surface area contributed by atoms with Gasteiger partial charge < -0.3 is 14.7 Å². The third-order valence-electron chi connectivity index (χ3n) is 3.01. The van der Waals surface area contributed by atoms with E-state index >= 15 is 0 Å². The maximum absolute atomic E-state index is 11.9. The van der Waals surface area contributed by atoms with Gasteiger partial charge in [-0.05, 0) is 19.1 Å². The fourth-order valence-electron chi connectivity index (χ4n) is 2.03. The Morgan fingerprint density at radius 1 is 1.47 bits per heavy atom. The van der Waals surface area contributed by atoms with Gasteiger partial charge in [-0.1, -0.05) is 6.07 Å². The minimum atomic E-state index is -1.00. The quantitative estimate of drug-likeness (QED) is 0.828. The smallest absolute Gasteiger partial charge is 0.329 e. The van der Waals surface area contributed by atoms with Gasteiger partial charge in [0.1, 0.15) is 12.2 Å². The van der Waals surface area contributed by atoms with Gasteiger partial charge in [0, 0.05) is 11.9 Å². The van der Waals surface area contributed by atoms with Crippen LogP contribution < -0.4 is 0 Å². The zero-order chi connectivity index (χ0) is 13.9. The highest BCUT2D eigenvalue weighted by atomic mass is 16.5. The molecule has 0 aliphatic carbocycles. The van der Waals surface area contributed by atoms with Crippen molar-refractivity contribution >= 4 is 11.9 Å². The topological polar surface area (TPSA) is 79.7 Å². The Morgan fingerprint density at radius 3 is 2.79 bits per heavy atom. The van der Waals surface area contributed by atoms with E-state index < -0.39 is 11.6 Å². The molecule has 1 fully saturated rings. The van der Waals surface area contributed by atoms with Gasteiger partial charge in [0.2, 0.25) is 5.91 Å². The molecule has 2 rings (SSSR count). The Hall–Kier alpha value is -1.95. The SMILES string of the molecule is CC1(OCC(=O)O)CN(C(=O)Cc2ccccn2)C1. The molecule has 1 N–H and O–H groups in total. The summed E-state index contributed by atoms with van der Waals surface area (Å²) >= 11 is 0. The van der Waals surface area contributed by atoms with Crippen LogP contribution in [-0.4, -0.2) is 52.2 Å². The van der Waals surface area contributed by atoms with Crippen LogP contribution in [-0.2, 0) is 20.7 Å². The van der Waals surface area contributed by atoms with Crippen LogP contribution in [0.25, 0.3) is 0 Å². The molecule has 102 valence electrons. The second kappa shape index (κ2) is 5.36. The lowest BCUT2D eigenvalue weighted by Gasteiger charge is -2.47. The van der Waals surface area contributed by atoms with E-state index in [4.69, 9.17) is 9.84 Å². The van der Waals surface area contributed by atoms with E-state index in [1.165, 1.54) is 0 Å². The van der Waals surface area contributed by atoms with Crippen molar-refractivity contribution in [3.8, 4) is 0 Å². The van der Waals surface area contributed by atoms with Crippen LogP contribution in [0, 0.1) is 0 Å². The number of aliphatic carboxylic acids is 1. The Bertz CT molecular complexity index is 469. The predicted molar refractivity (Wildman–Crippen MR) is 66.5 cm³/mol. The Kier molecular flexibility index (Phi) is 3.80. The molecule has 0 spiro atoms. The summed E-state index contributed by atoms with van der Waals surface area (Å²) in [6.45, 7) is 2.32. The molecule has 6 nitrogen and oxygen atoms in total. The maximum Gasteiger partial charge on any atom is 0.329 e. The molecule has 0 aromatic carbocycles. The van der Waals surface area contributed by atoms with Crippen molar-refractivity contribution in [1.29, 1.82) is 0 Å². The molecular formula is C13H16N2O4. The maximum atomic E-state index is 11.9. The summed E-state index contributed by atoms with van der Waals surface area (Å²) < 4.78 is 5.25. The first-order valence-electron chi connectivity index (χ1n) is 6.02. The van der Waals surface area contributed by atoms with Crippen LogP contribution in [0.4, 0.5) is 0 Å². The molecule has 1 aliphatic rings. The standard InChI is InChI=1S/C13H16N2O4/c1-13(19-7-12(17)18)8-15(9-13)11(16)6-10-4-2-3-5-14-10/h2-5H,6-9H2,1H3,(H,17,18). The van der Waals surface area contributed by atoms with Crippen LogP contribution in [0.1, 0.15) is 12.6 Å². The monoisotopic (exact) mass is 264 g/mol. The molecule has 2 heterocycles. The molecular weight excluding hydrogens is 248 g/mol. The number of rotatable bonds is 5. The van der Waals surface area contributed by atoms with E-state index in [1.807, 2.05) is 6.07 Å². The number of likely N-dealkylation sites (tertiary alicyclic amines) is 1. The molecule has 1 aliphatic heterocycles. The molecule has 1 aromatic heterocycles. The summed E-state index contributed by atoms with van der Waals surface area (Å²) in [5.74, 6) is -1.02. The van der Waals surface area contributed by atoms with Crippen molar-refractivity contribution < 1.29 is 19.4 Å². The zero-order valence-electron chi connectivity index (χ0n) is 10.7. The molecule has 0 unspecified atom stereocenters. The number of carboxylic acids is 1.